The Morgan fingerprint density at radius 1 is 1.11 bits per heavy atom. The number of carbonyl (C=O) groups excluding carboxylic acids is 2. The predicted molar refractivity (Wildman–Crippen MR) is 108 cm³/mol. The number of amides is 2. The van der Waals surface area contributed by atoms with Gasteiger partial charge in [0.15, 0.2) is 0 Å². The molecular weight excluding hydrogens is 356 g/mol. The predicted octanol–water partition coefficient (Wildman–Crippen LogP) is 2.77. The molecule has 0 saturated carbocycles. The second kappa shape index (κ2) is 9.32. The largest absolute Gasteiger partial charge is 0.497 e. The van der Waals surface area contributed by atoms with Crippen LogP contribution >= 0.6 is 0 Å². The molecule has 2 N–H and O–H groups in total. The molecule has 0 radical (unpaired) electrons. The van der Waals surface area contributed by atoms with Crippen LogP contribution in [-0.4, -0.2) is 47.9 Å². The maximum absolute atomic E-state index is 12.6. The number of methoxy groups -OCH3 is 1. The highest BCUT2D eigenvalue weighted by Gasteiger charge is 2.30. The van der Waals surface area contributed by atoms with Crippen molar-refractivity contribution in [3.63, 3.8) is 0 Å². The zero-order chi connectivity index (χ0) is 19.9. The highest BCUT2D eigenvalue weighted by atomic mass is 16.5. The average Bonchev–Trinajstić information content (AvgIpc) is 2.74. The molecule has 2 amide bonds. The number of ether oxygens (including phenoxy) is 1. The Morgan fingerprint density at radius 3 is 2.43 bits per heavy atom. The van der Waals surface area contributed by atoms with Crippen LogP contribution in [0.3, 0.4) is 0 Å². The fourth-order valence-corrected chi connectivity index (χ4v) is 3.30. The molecule has 2 heterocycles. The van der Waals surface area contributed by atoms with Crippen molar-refractivity contribution in [2.45, 2.75) is 25.8 Å². The van der Waals surface area contributed by atoms with Gasteiger partial charge in [0.2, 0.25) is 11.8 Å². The zero-order valence-corrected chi connectivity index (χ0v) is 16.2. The number of hydrogen-bond donors (Lipinski definition) is 2. The molecule has 2 aromatic rings. The lowest BCUT2D eigenvalue weighted by Gasteiger charge is -2.34. The molecule has 1 aliphatic rings. The van der Waals surface area contributed by atoms with E-state index in [9.17, 15) is 9.59 Å². The summed E-state index contributed by atoms with van der Waals surface area (Å²) < 4.78 is 5.13. The standard InChI is InChI=1S/C21H26N4O3/c1-15(20(26)23-17-6-8-18(28-2)9-7-17)25-13-10-16(11-14-25)21(27)24-19-5-3-4-12-22-19/h3-9,12,15-16H,10-11,13-14H2,1-2H3,(H,23,26)(H,22,24,27). The molecule has 0 bridgehead atoms. The summed E-state index contributed by atoms with van der Waals surface area (Å²) in [5, 5.41) is 5.80. The summed E-state index contributed by atoms with van der Waals surface area (Å²) in [6.07, 6.45) is 3.10. The molecule has 1 aromatic carbocycles. The van der Waals surface area contributed by atoms with Crippen LogP contribution in [0.25, 0.3) is 0 Å². The van der Waals surface area contributed by atoms with Gasteiger partial charge in [0.05, 0.1) is 13.2 Å². The van der Waals surface area contributed by atoms with Crippen molar-refractivity contribution in [2.24, 2.45) is 5.92 Å². The Balaban J connectivity index is 1.47. The fourth-order valence-electron chi connectivity index (χ4n) is 3.30. The van der Waals surface area contributed by atoms with E-state index in [0.29, 0.717) is 18.9 Å². The average molecular weight is 382 g/mol. The maximum atomic E-state index is 12.6. The summed E-state index contributed by atoms with van der Waals surface area (Å²) in [5.74, 6) is 1.20. The van der Waals surface area contributed by atoms with Gasteiger partial charge in [-0.25, -0.2) is 4.98 Å². The van der Waals surface area contributed by atoms with Crippen molar-refractivity contribution in [2.75, 3.05) is 30.8 Å². The van der Waals surface area contributed by atoms with Crippen LogP contribution in [0.1, 0.15) is 19.8 Å². The van der Waals surface area contributed by atoms with Crippen LogP contribution in [0, 0.1) is 5.92 Å². The number of carbonyl (C=O) groups is 2. The monoisotopic (exact) mass is 382 g/mol. The topological polar surface area (TPSA) is 83.6 Å². The molecule has 1 aliphatic heterocycles. The Labute approximate surface area is 165 Å². The van der Waals surface area contributed by atoms with Gasteiger partial charge in [0.1, 0.15) is 11.6 Å². The van der Waals surface area contributed by atoms with Crippen molar-refractivity contribution in [1.82, 2.24) is 9.88 Å². The molecule has 3 rings (SSSR count). The molecule has 1 aromatic heterocycles. The number of anilines is 2. The van der Waals surface area contributed by atoms with Gasteiger partial charge in [-0.3, -0.25) is 14.5 Å². The third-order valence-electron chi connectivity index (χ3n) is 5.10. The molecular formula is C21H26N4O3. The SMILES string of the molecule is COc1ccc(NC(=O)C(C)N2CCC(C(=O)Nc3ccccn3)CC2)cc1. The van der Waals surface area contributed by atoms with Gasteiger partial charge in [0.25, 0.3) is 0 Å². The number of nitrogens with one attached hydrogen (secondary N) is 2. The molecule has 1 unspecified atom stereocenters. The quantitative estimate of drug-likeness (QED) is 0.803. The smallest absolute Gasteiger partial charge is 0.241 e. The third kappa shape index (κ3) is 5.07. The van der Waals surface area contributed by atoms with E-state index in [-0.39, 0.29) is 23.8 Å². The molecule has 7 heteroatoms. The molecule has 1 saturated heterocycles. The van der Waals surface area contributed by atoms with E-state index in [1.807, 2.05) is 43.3 Å². The number of hydrogen-bond acceptors (Lipinski definition) is 5. The van der Waals surface area contributed by atoms with Gasteiger partial charge >= 0.3 is 0 Å². The summed E-state index contributed by atoms with van der Waals surface area (Å²) in [5.41, 5.74) is 0.738. The lowest BCUT2D eigenvalue weighted by molar-refractivity contribution is -0.123. The van der Waals surface area contributed by atoms with E-state index in [1.165, 1.54) is 0 Å². The number of pyridine rings is 1. The minimum Gasteiger partial charge on any atom is -0.497 e. The second-order valence-corrected chi connectivity index (χ2v) is 6.91. The zero-order valence-electron chi connectivity index (χ0n) is 16.2. The maximum Gasteiger partial charge on any atom is 0.241 e. The first-order valence-corrected chi connectivity index (χ1v) is 9.47. The molecule has 1 fully saturated rings. The van der Waals surface area contributed by atoms with E-state index in [1.54, 1.807) is 19.4 Å². The lowest BCUT2D eigenvalue weighted by atomic mass is 9.95. The van der Waals surface area contributed by atoms with Crippen LogP contribution in [0.4, 0.5) is 11.5 Å². The first-order valence-electron chi connectivity index (χ1n) is 9.47. The molecule has 0 aliphatic carbocycles. The van der Waals surface area contributed by atoms with Gasteiger partial charge in [-0.15, -0.1) is 0 Å². The van der Waals surface area contributed by atoms with Gasteiger partial charge < -0.3 is 15.4 Å². The normalized spacial score (nSPS) is 16.2. The Bertz CT molecular complexity index is 787. The molecule has 28 heavy (non-hydrogen) atoms. The Hall–Kier alpha value is -2.93. The summed E-state index contributed by atoms with van der Waals surface area (Å²) in [4.78, 5) is 31.2. The van der Waals surface area contributed by atoms with Gasteiger partial charge in [-0.1, -0.05) is 6.07 Å². The van der Waals surface area contributed by atoms with E-state index < -0.39 is 0 Å². The summed E-state index contributed by atoms with van der Waals surface area (Å²) in [7, 11) is 1.61. The highest BCUT2D eigenvalue weighted by Crippen LogP contribution is 2.21. The molecule has 1 atom stereocenters. The van der Waals surface area contributed by atoms with Gasteiger partial charge in [0, 0.05) is 17.8 Å². The Morgan fingerprint density at radius 2 is 1.82 bits per heavy atom. The van der Waals surface area contributed by atoms with Crippen LogP contribution < -0.4 is 15.4 Å². The second-order valence-electron chi connectivity index (χ2n) is 6.91. The van der Waals surface area contributed by atoms with Crippen molar-refractivity contribution in [3.8, 4) is 5.75 Å². The van der Waals surface area contributed by atoms with E-state index >= 15 is 0 Å². The fraction of sp³-hybridized carbons (Fsp3) is 0.381. The summed E-state index contributed by atoms with van der Waals surface area (Å²) in [6, 6.07) is 12.4. The minimum absolute atomic E-state index is 0.00584. The number of likely N-dealkylation sites (tertiary alicyclic amines) is 1. The number of aromatic nitrogens is 1. The number of nitrogens with zero attached hydrogens (tertiary/aromatic N) is 2. The van der Waals surface area contributed by atoms with E-state index in [4.69, 9.17) is 4.74 Å². The minimum atomic E-state index is -0.262. The van der Waals surface area contributed by atoms with Gasteiger partial charge in [-0.05, 0) is 69.3 Å². The van der Waals surface area contributed by atoms with Crippen molar-refractivity contribution in [1.29, 1.82) is 0 Å². The molecule has 0 spiro atoms. The van der Waals surface area contributed by atoms with E-state index in [0.717, 1.165) is 24.3 Å². The lowest BCUT2D eigenvalue weighted by Crippen LogP contribution is -2.47. The Kier molecular flexibility index (Phi) is 6.60. The van der Waals surface area contributed by atoms with Gasteiger partial charge in [-0.2, -0.15) is 0 Å². The van der Waals surface area contributed by atoms with Crippen molar-refractivity contribution < 1.29 is 14.3 Å². The van der Waals surface area contributed by atoms with Crippen molar-refractivity contribution in [3.05, 3.63) is 48.7 Å². The first-order chi connectivity index (χ1) is 13.6. The number of rotatable bonds is 6. The molecule has 148 valence electrons. The first kappa shape index (κ1) is 19.8. The van der Waals surface area contributed by atoms with Crippen molar-refractivity contribution >= 4 is 23.3 Å². The molecule has 7 nitrogen and oxygen atoms in total. The van der Waals surface area contributed by atoms with Crippen LogP contribution in [-0.2, 0) is 9.59 Å². The highest BCUT2D eigenvalue weighted by molar-refractivity contribution is 5.94. The number of piperidine rings is 1. The summed E-state index contributed by atoms with van der Waals surface area (Å²) in [6.45, 7) is 3.31. The van der Waals surface area contributed by atoms with Crippen LogP contribution in [0.15, 0.2) is 48.7 Å². The number of benzene rings is 1. The summed E-state index contributed by atoms with van der Waals surface area (Å²) >= 11 is 0. The third-order valence-corrected chi connectivity index (χ3v) is 5.10. The van der Waals surface area contributed by atoms with E-state index in [2.05, 4.69) is 20.5 Å². The van der Waals surface area contributed by atoms with Crippen LogP contribution in [0.5, 0.6) is 5.75 Å². The van der Waals surface area contributed by atoms with Crippen LogP contribution in [0.2, 0.25) is 0 Å².